The zero-order valence-corrected chi connectivity index (χ0v) is 16.6. The van der Waals surface area contributed by atoms with E-state index in [1.807, 2.05) is 42.5 Å². The van der Waals surface area contributed by atoms with E-state index in [-0.39, 0.29) is 10.7 Å². The number of anilines is 1. The summed E-state index contributed by atoms with van der Waals surface area (Å²) in [5.74, 6) is -1.03. The molecular weight excluding hydrogens is 406 g/mol. The van der Waals surface area contributed by atoms with Crippen LogP contribution in [0.25, 0.3) is 17.3 Å². The van der Waals surface area contributed by atoms with Gasteiger partial charge in [-0.2, -0.15) is 0 Å². The summed E-state index contributed by atoms with van der Waals surface area (Å²) in [7, 11) is 0. The van der Waals surface area contributed by atoms with Gasteiger partial charge in [-0.3, -0.25) is 24.8 Å². The summed E-state index contributed by atoms with van der Waals surface area (Å²) in [6, 6.07) is 19.7. The molecule has 0 atom stereocenters. The van der Waals surface area contributed by atoms with Crippen molar-refractivity contribution >= 4 is 52.5 Å². The molecule has 0 saturated carbocycles. The number of pyridine rings is 1. The number of halogens is 1. The molecule has 1 aliphatic rings. The van der Waals surface area contributed by atoms with E-state index in [1.54, 1.807) is 36.5 Å². The van der Waals surface area contributed by atoms with E-state index in [0.29, 0.717) is 16.3 Å². The number of benzene rings is 2. The molecule has 0 unspecified atom stereocenters. The average molecular weight is 420 g/mol. The van der Waals surface area contributed by atoms with Crippen LogP contribution in [0.2, 0.25) is 5.02 Å². The van der Waals surface area contributed by atoms with Gasteiger partial charge < -0.3 is 0 Å². The van der Waals surface area contributed by atoms with Gasteiger partial charge in [0.25, 0.3) is 11.8 Å². The Hall–Kier alpha value is -3.35. The Morgan fingerprint density at radius 1 is 1.00 bits per heavy atom. The first-order chi connectivity index (χ1) is 14.0. The van der Waals surface area contributed by atoms with Crippen LogP contribution in [0.4, 0.5) is 5.69 Å². The fraction of sp³-hybridized carbons (Fsp3) is 0. The molecule has 0 radical (unpaired) electrons. The lowest BCUT2D eigenvalue weighted by molar-refractivity contribution is -0.122. The van der Waals surface area contributed by atoms with E-state index in [1.165, 1.54) is 4.90 Å². The number of amides is 2. The summed E-state index contributed by atoms with van der Waals surface area (Å²) in [6.45, 7) is 0. The van der Waals surface area contributed by atoms with E-state index in [9.17, 15) is 9.59 Å². The van der Waals surface area contributed by atoms with Crippen molar-refractivity contribution in [2.45, 2.75) is 0 Å². The van der Waals surface area contributed by atoms with E-state index in [2.05, 4.69) is 10.3 Å². The highest BCUT2D eigenvalue weighted by Gasteiger charge is 2.34. The third-order valence-corrected chi connectivity index (χ3v) is 4.88. The van der Waals surface area contributed by atoms with Crippen LogP contribution in [0.3, 0.4) is 0 Å². The van der Waals surface area contributed by atoms with Crippen LogP contribution >= 0.6 is 23.8 Å². The standard InChI is InChI=1S/C22H14ClN3O2S/c23-16-7-9-17(10-8-16)26-21(28)18(20(27)25-22(26)29)13-14-4-3-5-15(12-14)19-6-1-2-11-24-19/h1-13H,(H,25,27,29). The number of hydrogen-bond acceptors (Lipinski definition) is 4. The van der Waals surface area contributed by atoms with Crippen LogP contribution in [-0.4, -0.2) is 21.9 Å². The number of rotatable bonds is 3. The van der Waals surface area contributed by atoms with Crippen molar-refractivity contribution in [2.24, 2.45) is 0 Å². The Bertz CT molecular complexity index is 1140. The molecule has 29 heavy (non-hydrogen) atoms. The quantitative estimate of drug-likeness (QED) is 0.392. The summed E-state index contributed by atoms with van der Waals surface area (Å²) < 4.78 is 0. The maximum atomic E-state index is 13.1. The third-order valence-electron chi connectivity index (χ3n) is 4.34. The Balaban J connectivity index is 1.71. The monoisotopic (exact) mass is 419 g/mol. The highest BCUT2D eigenvalue weighted by molar-refractivity contribution is 7.80. The minimum absolute atomic E-state index is 0.00767. The smallest absolute Gasteiger partial charge is 0.270 e. The fourth-order valence-electron chi connectivity index (χ4n) is 2.97. The maximum absolute atomic E-state index is 13.1. The van der Waals surface area contributed by atoms with Gasteiger partial charge in [-0.25, -0.2) is 0 Å². The minimum Gasteiger partial charge on any atom is -0.298 e. The Labute approximate surface area is 177 Å². The molecule has 0 bridgehead atoms. The van der Waals surface area contributed by atoms with Crippen molar-refractivity contribution in [3.05, 3.63) is 89.1 Å². The molecular formula is C22H14ClN3O2S. The second kappa shape index (κ2) is 7.95. The number of nitrogens with one attached hydrogen (secondary N) is 1. The van der Waals surface area contributed by atoms with E-state index >= 15 is 0 Å². The highest BCUT2D eigenvalue weighted by atomic mass is 35.5. The number of thiocarbonyl (C=S) groups is 1. The lowest BCUT2D eigenvalue weighted by Crippen LogP contribution is -2.54. The van der Waals surface area contributed by atoms with Crippen LogP contribution in [-0.2, 0) is 9.59 Å². The molecule has 2 heterocycles. The summed E-state index contributed by atoms with van der Waals surface area (Å²) in [4.78, 5) is 31.1. The Morgan fingerprint density at radius 2 is 1.79 bits per heavy atom. The molecule has 3 aromatic rings. The number of nitrogens with zero attached hydrogens (tertiary/aromatic N) is 2. The van der Waals surface area contributed by atoms with Crippen molar-refractivity contribution < 1.29 is 9.59 Å². The molecule has 5 nitrogen and oxygen atoms in total. The molecule has 2 aromatic carbocycles. The highest BCUT2D eigenvalue weighted by Crippen LogP contribution is 2.25. The SMILES string of the molecule is O=C1NC(=S)N(c2ccc(Cl)cc2)C(=O)C1=Cc1cccc(-c2ccccn2)c1. The second-order valence-corrected chi connectivity index (χ2v) is 7.10. The van der Waals surface area contributed by atoms with Crippen molar-refractivity contribution in [3.8, 4) is 11.3 Å². The van der Waals surface area contributed by atoms with E-state index < -0.39 is 11.8 Å². The molecule has 2 amide bonds. The zero-order chi connectivity index (χ0) is 20.4. The molecule has 1 N–H and O–H groups in total. The van der Waals surface area contributed by atoms with Crippen molar-refractivity contribution in [2.75, 3.05) is 4.90 Å². The molecule has 7 heteroatoms. The molecule has 1 aliphatic heterocycles. The van der Waals surface area contributed by atoms with Gasteiger partial charge in [0.05, 0.1) is 11.4 Å². The van der Waals surface area contributed by atoms with Gasteiger partial charge in [-0.1, -0.05) is 35.9 Å². The average Bonchev–Trinajstić information content (AvgIpc) is 2.73. The van der Waals surface area contributed by atoms with Gasteiger partial charge in [-0.05, 0) is 66.3 Å². The van der Waals surface area contributed by atoms with Gasteiger partial charge in [0, 0.05) is 16.8 Å². The molecule has 1 saturated heterocycles. The number of carbonyl (C=O) groups is 2. The molecule has 0 aliphatic carbocycles. The molecule has 1 aromatic heterocycles. The van der Waals surface area contributed by atoms with Gasteiger partial charge in [0.15, 0.2) is 5.11 Å². The predicted molar refractivity (Wildman–Crippen MR) is 117 cm³/mol. The van der Waals surface area contributed by atoms with Gasteiger partial charge in [0.2, 0.25) is 0 Å². The third kappa shape index (κ3) is 3.94. The molecule has 0 spiro atoms. The van der Waals surface area contributed by atoms with Crippen molar-refractivity contribution in [1.82, 2.24) is 10.3 Å². The van der Waals surface area contributed by atoms with Gasteiger partial charge >= 0.3 is 0 Å². The number of carbonyl (C=O) groups excluding carboxylic acids is 2. The maximum Gasteiger partial charge on any atom is 0.270 e. The first-order valence-corrected chi connectivity index (χ1v) is 9.50. The first-order valence-electron chi connectivity index (χ1n) is 8.71. The Morgan fingerprint density at radius 3 is 2.52 bits per heavy atom. The van der Waals surface area contributed by atoms with E-state index in [0.717, 1.165) is 11.3 Å². The van der Waals surface area contributed by atoms with Crippen LogP contribution < -0.4 is 10.2 Å². The number of aromatic nitrogens is 1. The van der Waals surface area contributed by atoms with Crippen LogP contribution in [0.5, 0.6) is 0 Å². The Kier molecular flexibility index (Phi) is 5.20. The lowest BCUT2D eigenvalue weighted by atomic mass is 10.0. The molecule has 4 rings (SSSR count). The largest absolute Gasteiger partial charge is 0.298 e. The summed E-state index contributed by atoms with van der Waals surface area (Å²) in [6.07, 6.45) is 3.26. The molecule has 142 valence electrons. The summed E-state index contributed by atoms with van der Waals surface area (Å²) in [5, 5.41) is 3.14. The normalized spacial score (nSPS) is 15.6. The zero-order valence-electron chi connectivity index (χ0n) is 15.0. The molecule has 1 fully saturated rings. The fourth-order valence-corrected chi connectivity index (χ4v) is 3.38. The van der Waals surface area contributed by atoms with E-state index in [4.69, 9.17) is 23.8 Å². The van der Waals surface area contributed by atoms with Crippen molar-refractivity contribution in [3.63, 3.8) is 0 Å². The predicted octanol–water partition coefficient (Wildman–Crippen LogP) is 4.23. The summed E-state index contributed by atoms with van der Waals surface area (Å²) in [5.41, 5.74) is 2.91. The van der Waals surface area contributed by atoms with Crippen LogP contribution in [0, 0.1) is 0 Å². The van der Waals surface area contributed by atoms with Gasteiger partial charge in [0.1, 0.15) is 5.57 Å². The second-order valence-electron chi connectivity index (χ2n) is 6.27. The van der Waals surface area contributed by atoms with Crippen molar-refractivity contribution in [1.29, 1.82) is 0 Å². The summed E-state index contributed by atoms with van der Waals surface area (Å²) >= 11 is 11.1. The number of hydrogen-bond donors (Lipinski definition) is 1. The van der Waals surface area contributed by atoms with Crippen LogP contribution in [0.1, 0.15) is 5.56 Å². The first kappa shape index (κ1) is 19.0. The van der Waals surface area contributed by atoms with Gasteiger partial charge in [-0.15, -0.1) is 0 Å². The van der Waals surface area contributed by atoms with Crippen LogP contribution in [0.15, 0.2) is 78.5 Å². The topological polar surface area (TPSA) is 62.3 Å². The lowest BCUT2D eigenvalue weighted by Gasteiger charge is -2.29. The minimum atomic E-state index is -0.534.